The first kappa shape index (κ1) is 9.79. The maximum atomic E-state index is 11.9. The first-order valence-corrected chi connectivity index (χ1v) is 5.83. The Morgan fingerprint density at radius 3 is 2.73 bits per heavy atom. The lowest BCUT2D eigenvalue weighted by atomic mass is 9.68. The molecule has 3 fully saturated rings. The van der Waals surface area contributed by atoms with Gasteiger partial charge in [0, 0.05) is 24.2 Å². The average Bonchev–Trinajstić information content (AvgIpc) is 2.39. The molecule has 6 atom stereocenters. The number of carbonyl (C=O) groups excluding carboxylic acids is 1. The highest BCUT2D eigenvalue weighted by Crippen LogP contribution is 2.68. The van der Waals surface area contributed by atoms with Crippen molar-refractivity contribution in [3.05, 3.63) is 0 Å². The van der Waals surface area contributed by atoms with Crippen molar-refractivity contribution in [1.29, 1.82) is 0 Å². The van der Waals surface area contributed by atoms with E-state index < -0.39 is 11.7 Å². The fourth-order valence-corrected chi connectivity index (χ4v) is 4.80. The topological polar surface area (TPSA) is 57.5 Å². The molecule has 3 heteroatoms. The fraction of sp³-hybridized carbons (Fsp3) is 0.917. The van der Waals surface area contributed by atoms with Gasteiger partial charge in [-0.2, -0.15) is 0 Å². The maximum Gasteiger partial charge on any atom is 0.139 e. The quantitative estimate of drug-likeness (QED) is 0.620. The molecule has 0 aliphatic heterocycles. The van der Waals surface area contributed by atoms with Crippen LogP contribution in [0.5, 0.6) is 0 Å². The van der Waals surface area contributed by atoms with Crippen LogP contribution in [0, 0.1) is 23.2 Å². The number of hydrogen-bond donors (Lipinski definition) is 2. The van der Waals surface area contributed by atoms with Gasteiger partial charge in [-0.1, -0.05) is 13.8 Å². The summed E-state index contributed by atoms with van der Waals surface area (Å²) < 4.78 is 0. The van der Waals surface area contributed by atoms with Crippen LogP contribution in [0.1, 0.15) is 33.1 Å². The summed E-state index contributed by atoms with van der Waals surface area (Å²) in [5.74, 6) is 0.329. The van der Waals surface area contributed by atoms with E-state index in [0.717, 1.165) is 0 Å². The molecule has 84 valence electrons. The summed E-state index contributed by atoms with van der Waals surface area (Å²) in [6.07, 6.45) is 1.23. The Kier molecular flexibility index (Phi) is 1.61. The van der Waals surface area contributed by atoms with Gasteiger partial charge in [0.1, 0.15) is 5.78 Å². The molecule has 2 N–H and O–H groups in total. The van der Waals surface area contributed by atoms with E-state index in [0.29, 0.717) is 19.3 Å². The second-order valence-corrected chi connectivity index (χ2v) is 6.10. The summed E-state index contributed by atoms with van der Waals surface area (Å²) in [4.78, 5) is 11.9. The van der Waals surface area contributed by atoms with E-state index in [4.69, 9.17) is 0 Å². The van der Waals surface area contributed by atoms with E-state index >= 15 is 0 Å². The fourth-order valence-electron chi connectivity index (χ4n) is 4.80. The van der Waals surface area contributed by atoms with E-state index in [1.165, 1.54) is 0 Å². The number of rotatable bonds is 0. The first-order chi connectivity index (χ1) is 6.89. The van der Waals surface area contributed by atoms with Crippen LogP contribution in [-0.4, -0.2) is 27.7 Å². The van der Waals surface area contributed by atoms with Gasteiger partial charge < -0.3 is 10.2 Å². The molecule has 15 heavy (non-hydrogen) atoms. The lowest BCUT2D eigenvalue weighted by molar-refractivity contribution is -0.143. The molecule has 0 heterocycles. The summed E-state index contributed by atoms with van der Waals surface area (Å²) in [6.45, 7) is 4.07. The molecule has 3 saturated carbocycles. The standard InChI is InChI=1S/C12H18O3/c1-6-3-8(13)7-4-11(2)9(14)5-12(7,15)10(6)11/h6-7,9-10,14-15H,3-5H2,1-2H3/t6-,7-,9-,10-,11-,12+/m1/s1. The zero-order chi connectivity index (χ0) is 11.0. The van der Waals surface area contributed by atoms with Crippen LogP contribution in [0.3, 0.4) is 0 Å². The van der Waals surface area contributed by atoms with Crippen molar-refractivity contribution >= 4 is 5.78 Å². The smallest absolute Gasteiger partial charge is 0.139 e. The zero-order valence-corrected chi connectivity index (χ0v) is 9.23. The molecule has 3 rings (SSSR count). The zero-order valence-electron chi connectivity index (χ0n) is 9.23. The second-order valence-electron chi connectivity index (χ2n) is 6.10. The third kappa shape index (κ3) is 0.878. The normalized spacial score (nSPS) is 62.5. The minimum absolute atomic E-state index is 0.114. The minimum atomic E-state index is -0.900. The molecule has 0 spiro atoms. The Balaban J connectivity index is 2.13. The minimum Gasteiger partial charge on any atom is -0.392 e. The second kappa shape index (κ2) is 2.46. The average molecular weight is 210 g/mol. The molecule has 0 amide bonds. The molecular formula is C12H18O3. The van der Waals surface area contributed by atoms with Crippen molar-refractivity contribution in [3.63, 3.8) is 0 Å². The van der Waals surface area contributed by atoms with Gasteiger partial charge in [0.05, 0.1) is 11.7 Å². The van der Waals surface area contributed by atoms with Crippen molar-refractivity contribution in [3.8, 4) is 0 Å². The predicted octanol–water partition coefficient (Wildman–Crippen LogP) is 0.733. The van der Waals surface area contributed by atoms with Gasteiger partial charge in [-0.3, -0.25) is 4.79 Å². The van der Waals surface area contributed by atoms with E-state index in [2.05, 4.69) is 0 Å². The predicted molar refractivity (Wildman–Crippen MR) is 54.1 cm³/mol. The first-order valence-electron chi connectivity index (χ1n) is 5.83. The van der Waals surface area contributed by atoms with E-state index in [9.17, 15) is 15.0 Å². The molecule has 0 aromatic rings. The van der Waals surface area contributed by atoms with Gasteiger partial charge in [0.25, 0.3) is 0 Å². The molecule has 3 aliphatic rings. The molecule has 3 aliphatic carbocycles. The lowest BCUT2D eigenvalue weighted by Crippen LogP contribution is -2.48. The monoisotopic (exact) mass is 210 g/mol. The van der Waals surface area contributed by atoms with Gasteiger partial charge in [0.15, 0.2) is 0 Å². The molecular weight excluding hydrogens is 192 g/mol. The van der Waals surface area contributed by atoms with Crippen molar-refractivity contribution in [1.82, 2.24) is 0 Å². The Morgan fingerprint density at radius 2 is 2.07 bits per heavy atom. The van der Waals surface area contributed by atoms with E-state index in [-0.39, 0.29) is 29.0 Å². The van der Waals surface area contributed by atoms with Gasteiger partial charge in [-0.25, -0.2) is 0 Å². The van der Waals surface area contributed by atoms with Crippen molar-refractivity contribution in [2.75, 3.05) is 0 Å². The highest BCUT2D eigenvalue weighted by atomic mass is 16.3. The van der Waals surface area contributed by atoms with Crippen molar-refractivity contribution in [2.45, 2.75) is 44.8 Å². The van der Waals surface area contributed by atoms with Crippen LogP contribution in [0.2, 0.25) is 0 Å². The highest BCUT2D eigenvalue weighted by molar-refractivity contribution is 5.85. The summed E-state index contributed by atoms with van der Waals surface area (Å²) in [5, 5.41) is 20.6. The molecule has 0 saturated heterocycles. The molecule has 0 radical (unpaired) electrons. The summed E-state index contributed by atoms with van der Waals surface area (Å²) in [7, 11) is 0. The number of hydrogen-bond acceptors (Lipinski definition) is 3. The third-order valence-corrected chi connectivity index (χ3v) is 5.26. The third-order valence-electron chi connectivity index (χ3n) is 5.26. The molecule has 0 unspecified atom stereocenters. The van der Waals surface area contributed by atoms with Crippen molar-refractivity contribution < 1.29 is 15.0 Å². The van der Waals surface area contributed by atoms with Gasteiger partial charge in [-0.05, 0) is 18.3 Å². The van der Waals surface area contributed by atoms with Crippen LogP contribution in [0.4, 0.5) is 0 Å². The highest BCUT2D eigenvalue weighted by Gasteiger charge is 2.73. The number of aliphatic hydroxyl groups excluding tert-OH is 1. The van der Waals surface area contributed by atoms with Crippen LogP contribution in [0.15, 0.2) is 0 Å². The Hall–Kier alpha value is -0.410. The molecule has 0 aromatic carbocycles. The van der Waals surface area contributed by atoms with Gasteiger partial charge in [-0.15, -0.1) is 0 Å². The summed E-state index contributed by atoms with van der Waals surface area (Å²) >= 11 is 0. The number of aliphatic hydroxyl groups is 2. The van der Waals surface area contributed by atoms with Crippen LogP contribution in [0.25, 0.3) is 0 Å². The van der Waals surface area contributed by atoms with Crippen LogP contribution < -0.4 is 0 Å². The summed E-state index contributed by atoms with van der Waals surface area (Å²) in [6, 6.07) is 0. The van der Waals surface area contributed by atoms with Crippen molar-refractivity contribution in [2.24, 2.45) is 23.2 Å². The Morgan fingerprint density at radius 1 is 1.40 bits per heavy atom. The number of ketones is 1. The van der Waals surface area contributed by atoms with Gasteiger partial charge in [0.2, 0.25) is 0 Å². The van der Waals surface area contributed by atoms with E-state index in [1.54, 1.807) is 0 Å². The van der Waals surface area contributed by atoms with Crippen LogP contribution >= 0.6 is 0 Å². The number of Topliss-reactive ketones (excluding diaryl/α,β-unsaturated/α-hetero) is 1. The van der Waals surface area contributed by atoms with Gasteiger partial charge >= 0.3 is 0 Å². The Labute approximate surface area is 89.5 Å². The lowest BCUT2D eigenvalue weighted by Gasteiger charge is -2.39. The van der Waals surface area contributed by atoms with E-state index in [1.807, 2.05) is 13.8 Å². The Bertz CT molecular complexity index is 340. The maximum absolute atomic E-state index is 11.9. The number of carbonyl (C=O) groups is 1. The molecule has 3 nitrogen and oxygen atoms in total. The SMILES string of the molecule is C[C@@H]1CC(=O)[C@H]2C[C@]3(C)[C@H](O)C[C@@]2(O)[C@H]13. The van der Waals surface area contributed by atoms with Crippen LogP contribution in [-0.2, 0) is 4.79 Å². The molecule has 0 aromatic heterocycles. The molecule has 4 bridgehead atoms. The summed E-state index contributed by atoms with van der Waals surface area (Å²) in [5.41, 5.74) is -1.13. The largest absolute Gasteiger partial charge is 0.392 e.